The number of ether oxygens (including phenoxy) is 1. The highest BCUT2D eigenvalue weighted by molar-refractivity contribution is 7.91. The molecule has 1 saturated heterocycles. The van der Waals surface area contributed by atoms with E-state index in [9.17, 15) is 8.42 Å². The van der Waals surface area contributed by atoms with Crippen LogP contribution in [0.25, 0.3) is 0 Å². The summed E-state index contributed by atoms with van der Waals surface area (Å²) in [5.74, 6) is 0.697. The number of rotatable bonds is 5. The third-order valence-corrected chi connectivity index (χ3v) is 5.98. The van der Waals surface area contributed by atoms with Crippen LogP contribution in [0.15, 0.2) is 24.3 Å². The first-order chi connectivity index (χ1) is 9.49. The molecule has 0 aromatic heterocycles. The zero-order valence-electron chi connectivity index (χ0n) is 12.3. The summed E-state index contributed by atoms with van der Waals surface area (Å²) in [5, 5.41) is -0.233. The second-order valence-corrected chi connectivity index (χ2v) is 8.27. The average Bonchev–Trinajstić information content (AvgIpc) is 2.41. The molecule has 0 aliphatic carbocycles. The van der Waals surface area contributed by atoms with E-state index in [1.165, 1.54) is 0 Å². The quantitative estimate of drug-likeness (QED) is 0.839. The van der Waals surface area contributed by atoms with Crippen molar-refractivity contribution in [1.82, 2.24) is 0 Å². The molecular formula is C16H24O3S. The van der Waals surface area contributed by atoms with Crippen LogP contribution in [-0.4, -0.2) is 26.9 Å². The van der Waals surface area contributed by atoms with E-state index < -0.39 is 9.84 Å². The van der Waals surface area contributed by atoms with Crippen LogP contribution in [0.1, 0.15) is 37.8 Å². The van der Waals surface area contributed by atoms with Crippen LogP contribution in [0.3, 0.4) is 0 Å². The van der Waals surface area contributed by atoms with Crippen molar-refractivity contribution in [2.24, 2.45) is 5.92 Å². The van der Waals surface area contributed by atoms with Crippen LogP contribution in [0, 0.1) is 5.92 Å². The van der Waals surface area contributed by atoms with Crippen LogP contribution < -0.4 is 0 Å². The minimum atomic E-state index is -3.07. The molecule has 1 aromatic carbocycles. The largest absolute Gasteiger partial charge is 0.381 e. The van der Waals surface area contributed by atoms with Crippen molar-refractivity contribution in [2.75, 3.05) is 13.2 Å². The molecule has 112 valence electrons. The van der Waals surface area contributed by atoms with E-state index in [1.54, 1.807) is 0 Å². The molecule has 0 saturated carbocycles. The lowest BCUT2D eigenvalue weighted by Gasteiger charge is -2.23. The molecule has 0 amide bonds. The molecule has 0 radical (unpaired) electrons. The van der Waals surface area contributed by atoms with Gasteiger partial charge >= 0.3 is 0 Å². The standard InChI is InChI=1S/C16H24O3S/c1-13(2)11-14-5-3-4-6-15(14)12-20(17,18)16-7-9-19-10-8-16/h3-6,13,16H,7-12H2,1-2H3. The summed E-state index contributed by atoms with van der Waals surface area (Å²) in [5.41, 5.74) is 2.13. The van der Waals surface area contributed by atoms with E-state index in [1.807, 2.05) is 18.2 Å². The number of hydrogen-bond acceptors (Lipinski definition) is 3. The predicted octanol–water partition coefficient (Wildman–Crippen LogP) is 2.98. The normalized spacial score (nSPS) is 17.6. The summed E-state index contributed by atoms with van der Waals surface area (Å²) >= 11 is 0. The van der Waals surface area contributed by atoms with Crippen LogP contribution >= 0.6 is 0 Å². The number of hydrogen-bond donors (Lipinski definition) is 0. The Morgan fingerprint density at radius 3 is 2.35 bits per heavy atom. The molecule has 0 N–H and O–H groups in total. The molecule has 1 aliphatic rings. The topological polar surface area (TPSA) is 43.4 Å². The molecule has 1 aliphatic heterocycles. The Morgan fingerprint density at radius 2 is 1.75 bits per heavy atom. The van der Waals surface area contributed by atoms with Gasteiger partial charge in [0.2, 0.25) is 0 Å². The summed E-state index contributed by atoms with van der Waals surface area (Å²) in [4.78, 5) is 0. The third-order valence-electron chi connectivity index (χ3n) is 3.78. The minimum absolute atomic E-state index is 0.167. The van der Waals surface area contributed by atoms with Gasteiger partial charge < -0.3 is 4.74 Å². The lowest BCUT2D eigenvalue weighted by molar-refractivity contribution is 0.0983. The van der Waals surface area contributed by atoms with Crippen molar-refractivity contribution < 1.29 is 13.2 Å². The first kappa shape index (κ1) is 15.5. The summed E-state index contributed by atoms with van der Waals surface area (Å²) in [7, 11) is -3.07. The van der Waals surface area contributed by atoms with Crippen LogP contribution in [0.4, 0.5) is 0 Å². The molecule has 0 bridgehead atoms. The Bertz CT molecular complexity index is 528. The smallest absolute Gasteiger partial charge is 0.157 e. The van der Waals surface area contributed by atoms with E-state index in [2.05, 4.69) is 19.9 Å². The average molecular weight is 296 g/mol. The molecule has 4 heteroatoms. The monoisotopic (exact) mass is 296 g/mol. The van der Waals surface area contributed by atoms with Gasteiger partial charge in [0.05, 0.1) is 11.0 Å². The van der Waals surface area contributed by atoms with E-state index in [4.69, 9.17) is 4.74 Å². The molecular weight excluding hydrogens is 272 g/mol. The Labute approximate surface area is 122 Å². The maximum atomic E-state index is 12.5. The molecule has 1 fully saturated rings. The van der Waals surface area contributed by atoms with E-state index in [-0.39, 0.29) is 11.0 Å². The van der Waals surface area contributed by atoms with Crippen LogP contribution in [0.5, 0.6) is 0 Å². The highest BCUT2D eigenvalue weighted by atomic mass is 32.2. The van der Waals surface area contributed by atoms with Crippen molar-refractivity contribution >= 4 is 9.84 Å². The SMILES string of the molecule is CC(C)Cc1ccccc1CS(=O)(=O)C1CCOCC1. The number of sulfone groups is 1. The maximum Gasteiger partial charge on any atom is 0.157 e. The van der Waals surface area contributed by atoms with E-state index in [0.29, 0.717) is 32.0 Å². The Morgan fingerprint density at radius 1 is 1.15 bits per heavy atom. The van der Waals surface area contributed by atoms with Gasteiger partial charge in [-0.2, -0.15) is 0 Å². The summed E-state index contributed by atoms with van der Waals surface area (Å²) < 4.78 is 30.3. The van der Waals surface area contributed by atoms with Gasteiger partial charge in [0.15, 0.2) is 9.84 Å². The van der Waals surface area contributed by atoms with Gasteiger partial charge in [0.1, 0.15) is 0 Å². The van der Waals surface area contributed by atoms with Crippen LogP contribution in [0.2, 0.25) is 0 Å². The first-order valence-corrected chi connectivity index (χ1v) is 9.06. The highest BCUT2D eigenvalue weighted by Gasteiger charge is 2.28. The highest BCUT2D eigenvalue weighted by Crippen LogP contribution is 2.23. The van der Waals surface area contributed by atoms with Gasteiger partial charge in [-0.25, -0.2) is 8.42 Å². The molecule has 20 heavy (non-hydrogen) atoms. The van der Waals surface area contributed by atoms with Gasteiger partial charge in [0.25, 0.3) is 0 Å². The first-order valence-electron chi connectivity index (χ1n) is 7.35. The summed E-state index contributed by atoms with van der Waals surface area (Å²) in [6.07, 6.45) is 2.20. The number of benzene rings is 1. The maximum absolute atomic E-state index is 12.5. The fourth-order valence-electron chi connectivity index (χ4n) is 2.71. The summed E-state index contributed by atoms with van der Waals surface area (Å²) in [6.45, 7) is 5.45. The molecule has 2 rings (SSSR count). The molecule has 0 atom stereocenters. The Kier molecular flexibility index (Phi) is 5.22. The lowest BCUT2D eigenvalue weighted by Crippen LogP contribution is -2.30. The van der Waals surface area contributed by atoms with Gasteiger partial charge in [0, 0.05) is 13.2 Å². The van der Waals surface area contributed by atoms with Gasteiger partial charge in [-0.1, -0.05) is 38.1 Å². The third kappa shape index (κ3) is 4.06. The van der Waals surface area contributed by atoms with Gasteiger partial charge in [-0.15, -0.1) is 0 Å². The van der Waals surface area contributed by atoms with E-state index in [0.717, 1.165) is 17.5 Å². The van der Waals surface area contributed by atoms with Gasteiger partial charge in [-0.3, -0.25) is 0 Å². The van der Waals surface area contributed by atoms with Crippen molar-refractivity contribution in [2.45, 2.75) is 44.1 Å². The van der Waals surface area contributed by atoms with Crippen molar-refractivity contribution in [1.29, 1.82) is 0 Å². The fourth-order valence-corrected chi connectivity index (χ4v) is 4.57. The zero-order valence-corrected chi connectivity index (χ0v) is 13.2. The van der Waals surface area contributed by atoms with Crippen molar-refractivity contribution in [3.63, 3.8) is 0 Å². The van der Waals surface area contributed by atoms with Gasteiger partial charge in [-0.05, 0) is 36.3 Å². The molecule has 0 spiro atoms. The summed E-state index contributed by atoms with van der Waals surface area (Å²) in [6, 6.07) is 7.92. The second-order valence-electron chi connectivity index (χ2n) is 5.99. The Balaban J connectivity index is 2.16. The zero-order chi connectivity index (χ0) is 14.6. The second kappa shape index (κ2) is 6.72. The Hall–Kier alpha value is -0.870. The molecule has 1 heterocycles. The fraction of sp³-hybridized carbons (Fsp3) is 0.625. The van der Waals surface area contributed by atoms with E-state index >= 15 is 0 Å². The molecule has 1 aromatic rings. The lowest BCUT2D eigenvalue weighted by atomic mass is 9.99. The van der Waals surface area contributed by atoms with Crippen molar-refractivity contribution in [3.8, 4) is 0 Å². The van der Waals surface area contributed by atoms with Crippen LogP contribution in [-0.2, 0) is 26.7 Å². The van der Waals surface area contributed by atoms with Crippen molar-refractivity contribution in [3.05, 3.63) is 35.4 Å². The molecule has 0 unspecified atom stereocenters. The predicted molar refractivity (Wildman–Crippen MR) is 81.4 cm³/mol. The molecule has 3 nitrogen and oxygen atoms in total. The minimum Gasteiger partial charge on any atom is -0.381 e.